The minimum absolute atomic E-state index is 0.0290. The Morgan fingerprint density at radius 1 is 1.29 bits per heavy atom. The number of methoxy groups -OCH3 is 1. The van der Waals surface area contributed by atoms with Gasteiger partial charge in [-0.1, -0.05) is 18.6 Å². The SMILES string of the molecule is CCCc1c(C(=O)OC)nnn1C(C)C(=O)N(CC)CC. The number of aromatic nitrogens is 3. The van der Waals surface area contributed by atoms with Crippen molar-refractivity contribution in [1.29, 1.82) is 0 Å². The second-order valence-corrected chi connectivity index (χ2v) is 4.76. The van der Waals surface area contributed by atoms with Gasteiger partial charge in [-0.2, -0.15) is 0 Å². The first-order valence-corrected chi connectivity index (χ1v) is 7.32. The van der Waals surface area contributed by atoms with E-state index in [2.05, 4.69) is 10.3 Å². The number of amides is 1. The highest BCUT2D eigenvalue weighted by Gasteiger charge is 2.27. The molecular weight excluding hydrogens is 272 g/mol. The number of nitrogens with zero attached hydrogens (tertiary/aromatic N) is 4. The van der Waals surface area contributed by atoms with Crippen molar-refractivity contribution in [1.82, 2.24) is 19.9 Å². The number of carbonyl (C=O) groups excluding carboxylic acids is 2. The van der Waals surface area contributed by atoms with E-state index in [1.807, 2.05) is 20.8 Å². The van der Waals surface area contributed by atoms with E-state index in [1.165, 1.54) is 11.8 Å². The van der Waals surface area contributed by atoms with Gasteiger partial charge in [-0.15, -0.1) is 5.10 Å². The van der Waals surface area contributed by atoms with Crippen molar-refractivity contribution in [2.24, 2.45) is 0 Å². The second kappa shape index (κ2) is 7.75. The molecule has 7 nitrogen and oxygen atoms in total. The van der Waals surface area contributed by atoms with Gasteiger partial charge in [0.1, 0.15) is 6.04 Å². The summed E-state index contributed by atoms with van der Waals surface area (Å²) in [5.41, 5.74) is 0.843. The van der Waals surface area contributed by atoms with Crippen molar-refractivity contribution >= 4 is 11.9 Å². The normalized spacial score (nSPS) is 12.0. The highest BCUT2D eigenvalue weighted by atomic mass is 16.5. The van der Waals surface area contributed by atoms with E-state index < -0.39 is 12.0 Å². The first-order chi connectivity index (χ1) is 10.0. The van der Waals surface area contributed by atoms with Crippen LogP contribution < -0.4 is 0 Å². The Labute approximate surface area is 125 Å². The predicted molar refractivity (Wildman–Crippen MR) is 78.0 cm³/mol. The van der Waals surface area contributed by atoms with E-state index in [4.69, 9.17) is 4.74 Å². The lowest BCUT2D eigenvalue weighted by Crippen LogP contribution is -2.36. The van der Waals surface area contributed by atoms with Crippen LogP contribution in [0.5, 0.6) is 0 Å². The summed E-state index contributed by atoms with van der Waals surface area (Å²) in [6, 6.07) is -0.489. The molecule has 21 heavy (non-hydrogen) atoms. The van der Waals surface area contributed by atoms with E-state index in [9.17, 15) is 9.59 Å². The van der Waals surface area contributed by atoms with Crippen molar-refractivity contribution < 1.29 is 14.3 Å². The average molecular weight is 296 g/mol. The summed E-state index contributed by atoms with van der Waals surface area (Å²) in [5.74, 6) is -0.550. The van der Waals surface area contributed by atoms with Crippen LogP contribution in [0.4, 0.5) is 0 Å². The molecule has 0 N–H and O–H groups in total. The summed E-state index contributed by atoms with van der Waals surface area (Å²) in [5, 5.41) is 7.88. The van der Waals surface area contributed by atoms with Gasteiger partial charge in [0.25, 0.3) is 0 Å². The number of hydrogen-bond donors (Lipinski definition) is 0. The predicted octanol–water partition coefficient (Wildman–Crippen LogP) is 1.45. The Hall–Kier alpha value is -1.92. The number of esters is 1. The number of hydrogen-bond acceptors (Lipinski definition) is 5. The quantitative estimate of drug-likeness (QED) is 0.712. The number of likely N-dealkylation sites (N-methyl/N-ethyl adjacent to an activating group) is 1. The summed E-state index contributed by atoms with van der Waals surface area (Å²) >= 11 is 0. The van der Waals surface area contributed by atoms with Gasteiger partial charge in [0.2, 0.25) is 5.91 Å². The third kappa shape index (κ3) is 3.59. The lowest BCUT2D eigenvalue weighted by atomic mass is 10.2. The van der Waals surface area contributed by atoms with Crippen LogP contribution in [0.1, 0.15) is 56.3 Å². The van der Waals surface area contributed by atoms with E-state index >= 15 is 0 Å². The Kier molecular flexibility index (Phi) is 6.33. The molecule has 0 spiro atoms. The summed E-state index contributed by atoms with van der Waals surface area (Å²) < 4.78 is 6.25. The zero-order valence-electron chi connectivity index (χ0n) is 13.4. The van der Waals surface area contributed by atoms with Gasteiger partial charge in [0.15, 0.2) is 5.69 Å². The molecule has 0 aliphatic heterocycles. The molecule has 1 amide bonds. The maximum Gasteiger partial charge on any atom is 0.360 e. The molecular formula is C14H24N4O3. The summed E-state index contributed by atoms with van der Waals surface area (Å²) in [4.78, 5) is 25.9. The third-order valence-corrected chi connectivity index (χ3v) is 3.46. The molecule has 1 heterocycles. The molecule has 0 aromatic carbocycles. The lowest BCUT2D eigenvalue weighted by molar-refractivity contribution is -0.134. The third-order valence-electron chi connectivity index (χ3n) is 3.46. The molecule has 1 aromatic heterocycles. The highest BCUT2D eigenvalue weighted by Crippen LogP contribution is 2.17. The van der Waals surface area contributed by atoms with Crippen molar-refractivity contribution in [3.05, 3.63) is 11.4 Å². The van der Waals surface area contributed by atoms with Gasteiger partial charge in [0.05, 0.1) is 12.8 Å². The highest BCUT2D eigenvalue weighted by molar-refractivity contribution is 5.88. The maximum absolute atomic E-state index is 12.4. The van der Waals surface area contributed by atoms with Crippen LogP contribution in [-0.4, -0.2) is 52.0 Å². The maximum atomic E-state index is 12.4. The topological polar surface area (TPSA) is 77.3 Å². The largest absolute Gasteiger partial charge is 0.464 e. The lowest BCUT2D eigenvalue weighted by Gasteiger charge is -2.23. The van der Waals surface area contributed by atoms with Gasteiger partial charge in [-0.3, -0.25) is 4.79 Å². The average Bonchev–Trinajstić information content (AvgIpc) is 2.91. The Bertz CT molecular complexity index is 494. The minimum Gasteiger partial charge on any atom is -0.464 e. The molecule has 0 radical (unpaired) electrons. The van der Waals surface area contributed by atoms with Crippen LogP contribution in [0, 0.1) is 0 Å². The van der Waals surface area contributed by atoms with E-state index in [0.717, 1.165) is 6.42 Å². The van der Waals surface area contributed by atoms with Gasteiger partial charge < -0.3 is 9.64 Å². The minimum atomic E-state index is -0.521. The van der Waals surface area contributed by atoms with Crippen molar-refractivity contribution in [3.8, 4) is 0 Å². The Morgan fingerprint density at radius 2 is 1.90 bits per heavy atom. The summed E-state index contributed by atoms with van der Waals surface area (Å²) in [7, 11) is 1.31. The van der Waals surface area contributed by atoms with Crippen molar-refractivity contribution in [2.75, 3.05) is 20.2 Å². The van der Waals surface area contributed by atoms with E-state index in [-0.39, 0.29) is 11.6 Å². The molecule has 0 fully saturated rings. The van der Waals surface area contributed by atoms with Crippen LogP contribution in [0.3, 0.4) is 0 Å². The number of rotatable bonds is 7. The van der Waals surface area contributed by atoms with Crippen molar-refractivity contribution in [2.45, 2.75) is 46.6 Å². The molecule has 1 atom stereocenters. The van der Waals surface area contributed by atoms with Crippen LogP contribution >= 0.6 is 0 Å². The van der Waals surface area contributed by atoms with Crippen LogP contribution in [0.2, 0.25) is 0 Å². The second-order valence-electron chi connectivity index (χ2n) is 4.76. The van der Waals surface area contributed by atoms with Crippen molar-refractivity contribution in [3.63, 3.8) is 0 Å². The van der Waals surface area contributed by atoms with Gasteiger partial charge in [-0.05, 0) is 27.2 Å². The fraction of sp³-hybridized carbons (Fsp3) is 0.714. The molecule has 1 rings (SSSR count). The van der Waals surface area contributed by atoms with Gasteiger partial charge in [0, 0.05) is 13.1 Å². The summed E-state index contributed by atoms with van der Waals surface area (Å²) in [6.45, 7) is 8.91. The fourth-order valence-electron chi connectivity index (χ4n) is 2.25. The summed E-state index contributed by atoms with van der Waals surface area (Å²) in [6.07, 6.45) is 1.44. The first kappa shape index (κ1) is 17.1. The molecule has 0 aliphatic carbocycles. The Morgan fingerprint density at radius 3 is 2.38 bits per heavy atom. The zero-order chi connectivity index (χ0) is 16.0. The first-order valence-electron chi connectivity index (χ1n) is 7.32. The van der Waals surface area contributed by atoms with Crippen LogP contribution in [0.25, 0.3) is 0 Å². The number of carbonyl (C=O) groups is 2. The van der Waals surface area contributed by atoms with E-state index in [1.54, 1.807) is 11.8 Å². The molecule has 118 valence electrons. The monoisotopic (exact) mass is 296 g/mol. The van der Waals surface area contributed by atoms with E-state index in [0.29, 0.717) is 25.2 Å². The molecule has 0 aliphatic rings. The molecule has 1 aromatic rings. The number of ether oxygens (including phenoxy) is 1. The van der Waals surface area contributed by atoms with Crippen LogP contribution in [-0.2, 0) is 16.0 Å². The smallest absolute Gasteiger partial charge is 0.360 e. The standard InChI is InChI=1S/C14H24N4O3/c1-6-9-11-12(14(20)21-5)15-16-18(11)10(4)13(19)17(7-2)8-3/h10H,6-9H2,1-5H3. The molecule has 0 saturated carbocycles. The fourth-order valence-corrected chi connectivity index (χ4v) is 2.25. The van der Waals surface area contributed by atoms with Crippen LogP contribution in [0.15, 0.2) is 0 Å². The molecule has 0 saturated heterocycles. The Balaban J connectivity index is 3.14. The zero-order valence-corrected chi connectivity index (χ0v) is 13.4. The molecule has 1 unspecified atom stereocenters. The van der Waals surface area contributed by atoms with Gasteiger partial charge in [-0.25, -0.2) is 9.48 Å². The molecule has 0 bridgehead atoms. The van der Waals surface area contributed by atoms with Gasteiger partial charge >= 0.3 is 5.97 Å². The molecule has 7 heteroatoms.